The molecular formula is C13H17FN2. The molecule has 2 rings (SSSR count). The van der Waals surface area contributed by atoms with E-state index in [0.717, 1.165) is 16.9 Å². The summed E-state index contributed by atoms with van der Waals surface area (Å²) >= 11 is 0. The quantitative estimate of drug-likeness (QED) is 0.815. The Kier molecular flexibility index (Phi) is 2.70. The van der Waals surface area contributed by atoms with Crippen molar-refractivity contribution in [3.8, 4) is 0 Å². The minimum atomic E-state index is -0.232. The molecule has 1 aromatic carbocycles. The highest BCUT2D eigenvalue weighted by Gasteiger charge is 2.12. The van der Waals surface area contributed by atoms with Crippen LogP contribution in [0.1, 0.15) is 50.9 Å². The summed E-state index contributed by atoms with van der Waals surface area (Å²) in [7, 11) is 0. The normalized spacial score (nSPS) is 11.9. The van der Waals surface area contributed by atoms with Crippen LogP contribution in [0.25, 0.3) is 11.0 Å². The lowest BCUT2D eigenvalue weighted by Crippen LogP contribution is -1.89. The van der Waals surface area contributed by atoms with E-state index in [1.807, 2.05) is 19.9 Å². The predicted octanol–water partition coefficient (Wildman–Crippen LogP) is 3.95. The number of hydrogen-bond donors (Lipinski definition) is 1. The number of aromatic nitrogens is 2. The van der Waals surface area contributed by atoms with Gasteiger partial charge in [0.15, 0.2) is 5.82 Å². The summed E-state index contributed by atoms with van der Waals surface area (Å²) in [5.74, 6) is 1.22. The lowest BCUT2D eigenvalue weighted by atomic mass is 10.0. The highest BCUT2D eigenvalue weighted by atomic mass is 19.1. The van der Waals surface area contributed by atoms with Crippen LogP contribution < -0.4 is 0 Å². The molecule has 0 unspecified atom stereocenters. The van der Waals surface area contributed by atoms with Gasteiger partial charge in [-0.1, -0.05) is 27.7 Å². The van der Waals surface area contributed by atoms with E-state index in [1.54, 1.807) is 6.07 Å². The first-order valence-electron chi connectivity index (χ1n) is 5.68. The zero-order chi connectivity index (χ0) is 11.9. The Morgan fingerprint density at radius 2 is 1.81 bits per heavy atom. The van der Waals surface area contributed by atoms with E-state index in [-0.39, 0.29) is 11.7 Å². The molecule has 2 nitrogen and oxygen atoms in total. The van der Waals surface area contributed by atoms with Crippen molar-refractivity contribution in [2.75, 3.05) is 0 Å². The predicted molar refractivity (Wildman–Crippen MR) is 64.2 cm³/mol. The SMILES string of the molecule is CC(C)c1cc(F)c2nc(C(C)C)[nH]c2c1. The lowest BCUT2D eigenvalue weighted by Gasteiger charge is -2.04. The highest BCUT2D eigenvalue weighted by Crippen LogP contribution is 2.24. The number of nitrogens with one attached hydrogen (secondary N) is 1. The van der Waals surface area contributed by atoms with Crippen LogP contribution in [0.3, 0.4) is 0 Å². The number of aromatic amines is 1. The molecule has 2 aromatic rings. The third kappa shape index (κ3) is 1.82. The number of halogens is 1. The van der Waals surface area contributed by atoms with Crippen molar-refractivity contribution in [1.29, 1.82) is 0 Å². The van der Waals surface area contributed by atoms with Gasteiger partial charge in [-0.2, -0.15) is 0 Å². The molecule has 3 heteroatoms. The molecule has 0 bridgehead atoms. The maximum atomic E-state index is 13.8. The van der Waals surface area contributed by atoms with Crippen LogP contribution in [-0.4, -0.2) is 9.97 Å². The largest absolute Gasteiger partial charge is 0.342 e. The summed E-state index contributed by atoms with van der Waals surface area (Å²) in [6, 6.07) is 3.57. The van der Waals surface area contributed by atoms with Crippen LogP contribution in [0.2, 0.25) is 0 Å². The summed E-state index contributed by atoms with van der Waals surface area (Å²) in [6.07, 6.45) is 0. The van der Waals surface area contributed by atoms with Crippen molar-refractivity contribution in [1.82, 2.24) is 9.97 Å². The highest BCUT2D eigenvalue weighted by molar-refractivity contribution is 5.77. The van der Waals surface area contributed by atoms with E-state index in [9.17, 15) is 4.39 Å². The number of hydrogen-bond acceptors (Lipinski definition) is 1. The monoisotopic (exact) mass is 220 g/mol. The smallest absolute Gasteiger partial charge is 0.151 e. The summed E-state index contributed by atoms with van der Waals surface area (Å²) in [5.41, 5.74) is 2.25. The number of H-pyrrole nitrogens is 1. The summed E-state index contributed by atoms with van der Waals surface area (Å²) < 4.78 is 13.8. The van der Waals surface area contributed by atoms with Gasteiger partial charge in [0.1, 0.15) is 11.3 Å². The van der Waals surface area contributed by atoms with E-state index in [2.05, 4.69) is 23.8 Å². The van der Waals surface area contributed by atoms with Gasteiger partial charge in [-0.3, -0.25) is 0 Å². The minimum Gasteiger partial charge on any atom is -0.342 e. The van der Waals surface area contributed by atoms with Crippen molar-refractivity contribution in [3.05, 3.63) is 29.3 Å². The molecule has 0 saturated heterocycles. The average molecular weight is 220 g/mol. The molecule has 0 fully saturated rings. The molecule has 0 radical (unpaired) electrons. The van der Waals surface area contributed by atoms with E-state index >= 15 is 0 Å². The molecule has 0 spiro atoms. The molecular weight excluding hydrogens is 203 g/mol. The number of imidazole rings is 1. The van der Waals surface area contributed by atoms with E-state index in [0.29, 0.717) is 11.4 Å². The third-order valence-electron chi connectivity index (χ3n) is 2.79. The van der Waals surface area contributed by atoms with Crippen molar-refractivity contribution in [2.24, 2.45) is 0 Å². The number of rotatable bonds is 2. The fourth-order valence-electron chi connectivity index (χ4n) is 1.72. The van der Waals surface area contributed by atoms with Crippen LogP contribution in [-0.2, 0) is 0 Å². The van der Waals surface area contributed by atoms with Crippen LogP contribution in [0, 0.1) is 5.82 Å². The molecule has 1 aromatic heterocycles. The maximum Gasteiger partial charge on any atom is 0.151 e. The Labute approximate surface area is 94.9 Å². The molecule has 1 N–H and O–H groups in total. The Hall–Kier alpha value is -1.38. The molecule has 1 heterocycles. The second kappa shape index (κ2) is 3.89. The van der Waals surface area contributed by atoms with Crippen LogP contribution in [0.5, 0.6) is 0 Å². The van der Waals surface area contributed by atoms with Gasteiger partial charge in [-0.25, -0.2) is 9.37 Å². The molecule has 0 aliphatic heterocycles. The first-order valence-corrected chi connectivity index (χ1v) is 5.68. The van der Waals surface area contributed by atoms with Gasteiger partial charge >= 0.3 is 0 Å². The summed E-state index contributed by atoms with van der Waals surface area (Å²) in [6.45, 7) is 8.19. The minimum absolute atomic E-state index is 0.232. The van der Waals surface area contributed by atoms with E-state index < -0.39 is 0 Å². The van der Waals surface area contributed by atoms with Crippen molar-refractivity contribution < 1.29 is 4.39 Å². The second-order valence-electron chi connectivity index (χ2n) is 4.83. The molecule has 0 amide bonds. The molecule has 0 aliphatic carbocycles. The first kappa shape index (κ1) is 11.1. The van der Waals surface area contributed by atoms with Crippen LogP contribution in [0.15, 0.2) is 12.1 Å². The number of nitrogens with zero attached hydrogens (tertiary/aromatic N) is 1. The summed E-state index contributed by atoms with van der Waals surface area (Å²) in [4.78, 5) is 7.46. The third-order valence-corrected chi connectivity index (χ3v) is 2.79. The fourth-order valence-corrected chi connectivity index (χ4v) is 1.72. The van der Waals surface area contributed by atoms with E-state index in [4.69, 9.17) is 0 Å². The molecule has 0 saturated carbocycles. The van der Waals surface area contributed by atoms with Crippen LogP contribution in [0.4, 0.5) is 4.39 Å². The summed E-state index contributed by atoms with van der Waals surface area (Å²) in [5, 5.41) is 0. The molecule has 0 aliphatic rings. The standard InChI is InChI=1S/C13H17FN2/c1-7(2)9-5-10(14)12-11(6-9)15-13(16-12)8(3)4/h5-8H,1-4H3,(H,15,16). The van der Waals surface area contributed by atoms with Gasteiger partial charge < -0.3 is 4.98 Å². The molecule has 16 heavy (non-hydrogen) atoms. The van der Waals surface area contributed by atoms with Crippen LogP contribution >= 0.6 is 0 Å². The van der Waals surface area contributed by atoms with Gasteiger partial charge in [0.25, 0.3) is 0 Å². The Morgan fingerprint density at radius 3 is 2.38 bits per heavy atom. The molecule has 0 atom stereocenters. The number of fused-ring (bicyclic) bond motifs is 1. The number of benzene rings is 1. The lowest BCUT2D eigenvalue weighted by molar-refractivity contribution is 0.632. The molecule has 86 valence electrons. The van der Waals surface area contributed by atoms with Gasteiger partial charge in [0.05, 0.1) is 5.52 Å². The Morgan fingerprint density at radius 1 is 1.12 bits per heavy atom. The zero-order valence-electron chi connectivity index (χ0n) is 10.1. The Bertz CT molecular complexity index is 512. The first-order chi connectivity index (χ1) is 7.49. The second-order valence-corrected chi connectivity index (χ2v) is 4.83. The average Bonchev–Trinajstić information content (AvgIpc) is 2.61. The van der Waals surface area contributed by atoms with E-state index in [1.165, 1.54) is 0 Å². The Balaban J connectivity index is 2.63. The maximum absolute atomic E-state index is 13.8. The van der Waals surface area contributed by atoms with Gasteiger partial charge in [-0.05, 0) is 23.6 Å². The van der Waals surface area contributed by atoms with Gasteiger partial charge in [-0.15, -0.1) is 0 Å². The van der Waals surface area contributed by atoms with Gasteiger partial charge in [0.2, 0.25) is 0 Å². The van der Waals surface area contributed by atoms with Gasteiger partial charge in [0, 0.05) is 5.92 Å². The van der Waals surface area contributed by atoms with Crippen molar-refractivity contribution >= 4 is 11.0 Å². The van der Waals surface area contributed by atoms with Crippen molar-refractivity contribution in [3.63, 3.8) is 0 Å². The fraction of sp³-hybridized carbons (Fsp3) is 0.462. The zero-order valence-corrected chi connectivity index (χ0v) is 10.1. The topological polar surface area (TPSA) is 28.7 Å². The van der Waals surface area contributed by atoms with Crippen molar-refractivity contribution in [2.45, 2.75) is 39.5 Å².